The Labute approximate surface area is 158 Å². The number of nitrogens with zero attached hydrogens (tertiary/aromatic N) is 4. The summed E-state index contributed by atoms with van der Waals surface area (Å²) in [4.78, 5) is 26.6. The minimum absolute atomic E-state index is 0.0285. The van der Waals surface area contributed by atoms with Gasteiger partial charge in [-0.3, -0.25) is 9.59 Å². The predicted octanol–water partition coefficient (Wildman–Crippen LogP) is 1.62. The van der Waals surface area contributed by atoms with Crippen molar-refractivity contribution in [2.45, 2.75) is 51.7 Å². The van der Waals surface area contributed by atoms with Gasteiger partial charge in [0, 0.05) is 19.0 Å². The highest BCUT2D eigenvalue weighted by atomic mass is 16.2. The zero-order valence-electron chi connectivity index (χ0n) is 15.8. The molecule has 1 aromatic heterocycles. The molecule has 1 aliphatic heterocycles. The van der Waals surface area contributed by atoms with E-state index in [1.54, 1.807) is 10.9 Å². The van der Waals surface area contributed by atoms with E-state index in [0.29, 0.717) is 12.2 Å². The smallest absolute Gasteiger partial charge is 0.244 e. The Morgan fingerprint density at radius 2 is 1.96 bits per heavy atom. The van der Waals surface area contributed by atoms with E-state index in [0.717, 1.165) is 25.8 Å². The average molecular weight is 367 g/mol. The maximum Gasteiger partial charge on any atom is 0.244 e. The van der Waals surface area contributed by atoms with Crippen LogP contribution in [0.1, 0.15) is 43.5 Å². The maximum atomic E-state index is 12.7. The lowest BCUT2D eigenvalue weighted by molar-refractivity contribution is -0.133. The highest BCUT2D eigenvalue weighted by Crippen LogP contribution is 2.30. The first-order chi connectivity index (χ1) is 12.9. The number of carbonyl (C=O) groups is 2. The molecule has 1 aromatic carbocycles. The lowest BCUT2D eigenvalue weighted by atomic mass is 10.00. The minimum atomic E-state index is -0.606. The van der Waals surface area contributed by atoms with E-state index in [9.17, 15) is 9.59 Å². The molecule has 2 amide bonds. The Morgan fingerprint density at radius 1 is 1.22 bits per heavy atom. The predicted molar refractivity (Wildman–Crippen MR) is 99.5 cm³/mol. The number of aromatic nitrogens is 3. The fraction of sp³-hybridized carbons (Fsp3) is 0.500. The van der Waals surface area contributed by atoms with Crippen LogP contribution in [0.5, 0.6) is 0 Å². The molecule has 142 valence electrons. The van der Waals surface area contributed by atoms with Crippen molar-refractivity contribution in [3.05, 3.63) is 47.3 Å². The van der Waals surface area contributed by atoms with Crippen molar-refractivity contribution in [3.63, 3.8) is 0 Å². The Morgan fingerprint density at radius 3 is 2.70 bits per heavy atom. The summed E-state index contributed by atoms with van der Waals surface area (Å²) in [6, 6.07) is 8.25. The van der Waals surface area contributed by atoms with Crippen LogP contribution >= 0.6 is 0 Å². The number of rotatable bonds is 5. The van der Waals surface area contributed by atoms with Crippen LogP contribution in [0.25, 0.3) is 0 Å². The van der Waals surface area contributed by atoms with Crippen LogP contribution < -0.4 is 5.32 Å². The van der Waals surface area contributed by atoms with E-state index >= 15 is 0 Å². The summed E-state index contributed by atoms with van der Waals surface area (Å²) in [6.45, 7) is 5.33. The molecule has 2 aliphatic rings. The third-order valence-electron chi connectivity index (χ3n) is 5.34. The summed E-state index contributed by atoms with van der Waals surface area (Å²) in [7, 11) is 0. The zero-order chi connectivity index (χ0) is 19.0. The summed E-state index contributed by atoms with van der Waals surface area (Å²) < 4.78 is 1.56. The highest BCUT2D eigenvalue weighted by molar-refractivity contribution is 5.81. The second kappa shape index (κ2) is 6.79. The van der Waals surface area contributed by atoms with Crippen molar-refractivity contribution in [2.75, 3.05) is 6.54 Å². The SMILES string of the molecule is CC(C)(NC(=O)C1CC1)c1cn(CC(=O)N2CCc3ccccc3C2)nn1. The van der Waals surface area contributed by atoms with Gasteiger partial charge in [0.05, 0.1) is 11.7 Å². The molecule has 4 rings (SSSR count). The van der Waals surface area contributed by atoms with Gasteiger partial charge in [0.25, 0.3) is 0 Å². The fourth-order valence-corrected chi connectivity index (χ4v) is 3.43. The van der Waals surface area contributed by atoms with Crippen molar-refractivity contribution in [3.8, 4) is 0 Å². The largest absolute Gasteiger partial charge is 0.345 e. The number of benzene rings is 1. The van der Waals surface area contributed by atoms with Gasteiger partial charge < -0.3 is 10.2 Å². The van der Waals surface area contributed by atoms with Crippen molar-refractivity contribution < 1.29 is 9.59 Å². The molecule has 0 saturated heterocycles. The van der Waals surface area contributed by atoms with Gasteiger partial charge in [0.2, 0.25) is 11.8 Å². The fourth-order valence-electron chi connectivity index (χ4n) is 3.43. The first-order valence-corrected chi connectivity index (χ1v) is 9.49. The van der Waals surface area contributed by atoms with Gasteiger partial charge in [-0.1, -0.05) is 29.5 Å². The van der Waals surface area contributed by atoms with Gasteiger partial charge in [0.15, 0.2) is 0 Å². The minimum Gasteiger partial charge on any atom is -0.345 e. The van der Waals surface area contributed by atoms with Crippen LogP contribution in [0, 0.1) is 5.92 Å². The average Bonchev–Trinajstić information content (AvgIpc) is 3.40. The number of nitrogens with one attached hydrogen (secondary N) is 1. The number of carbonyl (C=O) groups excluding carboxylic acids is 2. The van der Waals surface area contributed by atoms with E-state index in [1.165, 1.54) is 11.1 Å². The molecule has 1 saturated carbocycles. The van der Waals surface area contributed by atoms with Crippen LogP contribution in [-0.2, 0) is 34.6 Å². The molecule has 0 spiro atoms. The summed E-state index contributed by atoms with van der Waals surface area (Å²) in [5.74, 6) is 0.237. The highest BCUT2D eigenvalue weighted by Gasteiger charge is 2.35. The zero-order valence-corrected chi connectivity index (χ0v) is 15.8. The Kier molecular flexibility index (Phi) is 4.45. The quantitative estimate of drug-likeness (QED) is 0.871. The standard InChI is InChI=1S/C20H25N5O2/c1-20(2,21-19(27)15-7-8-15)17-12-25(23-22-17)13-18(26)24-10-9-14-5-3-4-6-16(14)11-24/h3-6,12,15H,7-11,13H2,1-2H3,(H,21,27). The van der Waals surface area contributed by atoms with Crippen molar-refractivity contribution in [1.82, 2.24) is 25.2 Å². The molecule has 7 nitrogen and oxygen atoms in total. The maximum absolute atomic E-state index is 12.7. The third-order valence-corrected chi connectivity index (χ3v) is 5.34. The van der Waals surface area contributed by atoms with Gasteiger partial charge in [0.1, 0.15) is 12.2 Å². The molecular weight excluding hydrogens is 342 g/mol. The van der Waals surface area contributed by atoms with Crippen LogP contribution in [0.3, 0.4) is 0 Å². The normalized spacial score (nSPS) is 16.7. The first kappa shape index (κ1) is 17.7. The summed E-state index contributed by atoms with van der Waals surface area (Å²) in [6.07, 6.45) is 4.55. The Balaban J connectivity index is 1.39. The van der Waals surface area contributed by atoms with Crippen LogP contribution in [-0.4, -0.2) is 38.3 Å². The lowest BCUT2D eigenvalue weighted by Gasteiger charge is -2.28. The molecule has 7 heteroatoms. The van der Waals surface area contributed by atoms with Crippen molar-refractivity contribution >= 4 is 11.8 Å². The Bertz CT molecular complexity index is 869. The Hall–Kier alpha value is -2.70. The molecule has 27 heavy (non-hydrogen) atoms. The van der Waals surface area contributed by atoms with Crippen LogP contribution in [0.4, 0.5) is 0 Å². The molecule has 1 aliphatic carbocycles. The summed E-state index contributed by atoms with van der Waals surface area (Å²) >= 11 is 0. The summed E-state index contributed by atoms with van der Waals surface area (Å²) in [5.41, 5.74) is 2.58. The monoisotopic (exact) mass is 367 g/mol. The van der Waals surface area contributed by atoms with Gasteiger partial charge >= 0.3 is 0 Å². The number of hydrogen-bond acceptors (Lipinski definition) is 4. The number of amides is 2. The van der Waals surface area contributed by atoms with Crippen LogP contribution in [0.2, 0.25) is 0 Å². The molecule has 0 bridgehead atoms. The second-order valence-corrected chi connectivity index (χ2v) is 8.02. The van der Waals surface area contributed by atoms with E-state index in [2.05, 4.69) is 27.8 Å². The number of fused-ring (bicyclic) bond motifs is 1. The van der Waals surface area contributed by atoms with E-state index < -0.39 is 5.54 Å². The van der Waals surface area contributed by atoms with Gasteiger partial charge in [-0.05, 0) is 44.2 Å². The second-order valence-electron chi connectivity index (χ2n) is 8.02. The topological polar surface area (TPSA) is 80.1 Å². The van der Waals surface area contributed by atoms with E-state index in [-0.39, 0.29) is 24.3 Å². The molecule has 0 radical (unpaired) electrons. The molecule has 2 aromatic rings. The summed E-state index contributed by atoms with van der Waals surface area (Å²) in [5, 5.41) is 11.3. The van der Waals surface area contributed by atoms with Crippen molar-refractivity contribution in [1.29, 1.82) is 0 Å². The van der Waals surface area contributed by atoms with E-state index in [4.69, 9.17) is 0 Å². The molecule has 0 unspecified atom stereocenters. The van der Waals surface area contributed by atoms with Crippen LogP contribution in [0.15, 0.2) is 30.5 Å². The molecule has 2 heterocycles. The molecule has 0 atom stereocenters. The molecule has 1 N–H and O–H groups in total. The van der Waals surface area contributed by atoms with Gasteiger partial charge in [-0.25, -0.2) is 4.68 Å². The third kappa shape index (κ3) is 3.86. The van der Waals surface area contributed by atoms with Crippen molar-refractivity contribution in [2.24, 2.45) is 5.92 Å². The van der Waals surface area contributed by atoms with Gasteiger partial charge in [-0.15, -0.1) is 5.10 Å². The lowest BCUT2D eigenvalue weighted by Crippen LogP contribution is -2.42. The first-order valence-electron chi connectivity index (χ1n) is 9.49. The molecular formula is C20H25N5O2. The number of hydrogen-bond donors (Lipinski definition) is 1. The molecule has 1 fully saturated rings. The van der Waals surface area contributed by atoms with E-state index in [1.807, 2.05) is 30.9 Å². The van der Waals surface area contributed by atoms with Gasteiger partial charge in [-0.2, -0.15) is 0 Å².